The number of oxime groups is 1. The zero-order chi connectivity index (χ0) is 21.3. The van der Waals surface area contributed by atoms with E-state index in [9.17, 15) is 22.8 Å². The van der Waals surface area contributed by atoms with Crippen LogP contribution in [-0.2, 0) is 15.8 Å². The molecular formula is C22H13F3N2O3. The van der Waals surface area contributed by atoms with Crippen molar-refractivity contribution in [2.45, 2.75) is 6.18 Å². The van der Waals surface area contributed by atoms with Crippen LogP contribution in [0.4, 0.5) is 24.5 Å². The second-order valence-electron chi connectivity index (χ2n) is 6.39. The molecular weight excluding hydrogens is 397 g/mol. The predicted octanol–water partition coefficient (Wildman–Crippen LogP) is 4.94. The number of nitrogens with zero attached hydrogens (tertiary/aromatic N) is 2. The van der Waals surface area contributed by atoms with E-state index in [-0.39, 0.29) is 11.3 Å². The van der Waals surface area contributed by atoms with Crippen molar-refractivity contribution in [2.24, 2.45) is 5.16 Å². The number of rotatable bonds is 3. The minimum absolute atomic E-state index is 0.116. The van der Waals surface area contributed by atoms with Crippen molar-refractivity contribution in [3.05, 3.63) is 95.6 Å². The number of fused-ring (bicyclic) bond motifs is 1. The van der Waals surface area contributed by atoms with Gasteiger partial charge in [-0.3, -0.25) is 9.69 Å². The van der Waals surface area contributed by atoms with Crippen LogP contribution in [0.15, 0.2) is 84.0 Å². The van der Waals surface area contributed by atoms with Gasteiger partial charge in [0.15, 0.2) is 5.71 Å². The molecule has 0 aliphatic carbocycles. The van der Waals surface area contributed by atoms with Crippen molar-refractivity contribution in [3.8, 4) is 0 Å². The molecule has 1 aliphatic rings. The van der Waals surface area contributed by atoms with Crippen molar-refractivity contribution in [1.82, 2.24) is 0 Å². The maximum absolute atomic E-state index is 13.0. The summed E-state index contributed by atoms with van der Waals surface area (Å²) in [5.41, 5.74) is 0.180. The molecule has 30 heavy (non-hydrogen) atoms. The third-order valence-electron chi connectivity index (χ3n) is 4.47. The highest BCUT2D eigenvalue weighted by Gasteiger charge is 2.36. The second-order valence-corrected chi connectivity index (χ2v) is 6.39. The summed E-state index contributed by atoms with van der Waals surface area (Å²) in [5, 5.41) is 3.68. The number of anilines is 2. The van der Waals surface area contributed by atoms with E-state index in [0.29, 0.717) is 23.0 Å². The first-order valence-electron chi connectivity index (χ1n) is 8.82. The van der Waals surface area contributed by atoms with E-state index in [0.717, 1.165) is 12.1 Å². The number of carbonyl (C=O) groups is 2. The van der Waals surface area contributed by atoms with Crippen molar-refractivity contribution >= 4 is 29.0 Å². The average Bonchev–Trinajstić information content (AvgIpc) is 3.03. The van der Waals surface area contributed by atoms with Crippen LogP contribution in [-0.4, -0.2) is 17.6 Å². The molecule has 0 saturated heterocycles. The molecule has 8 heteroatoms. The van der Waals surface area contributed by atoms with Crippen molar-refractivity contribution in [2.75, 3.05) is 4.90 Å². The predicted molar refractivity (Wildman–Crippen MR) is 103 cm³/mol. The van der Waals surface area contributed by atoms with Gasteiger partial charge in [-0.2, -0.15) is 13.2 Å². The van der Waals surface area contributed by atoms with Crippen molar-refractivity contribution in [1.29, 1.82) is 0 Å². The number of alkyl halides is 3. The van der Waals surface area contributed by atoms with Crippen LogP contribution >= 0.6 is 0 Å². The molecule has 0 aromatic heterocycles. The van der Waals surface area contributed by atoms with Gasteiger partial charge in [0.2, 0.25) is 0 Å². The maximum Gasteiger partial charge on any atom is 0.416 e. The number of benzene rings is 3. The van der Waals surface area contributed by atoms with Crippen molar-refractivity contribution in [3.63, 3.8) is 0 Å². The van der Waals surface area contributed by atoms with Crippen LogP contribution in [0.1, 0.15) is 21.5 Å². The van der Waals surface area contributed by atoms with Gasteiger partial charge in [-0.05, 0) is 36.4 Å². The van der Waals surface area contributed by atoms with E-state index in [1.807, 2.05) is 6.07 Å². The Hall–Kier alpha value is -3.94. The van der Waals surface area contributed by atoms with Gasteiger partial charge in [-0.1, -0.05) is 47.6 Å². The van der Waals surface area contributed by atoms with E-state index >= 15 is 0 Å². The van der Waals surface area contributed by atoms with E-state index in [1.54, 1.807) is 48.5 Å². The molecule has 0 bridgehead atoms. The monoisotopic (exact) mass is 410 g/mol. The molecule has 1 heterocycles. The van der Waals surface area contributed by atoms with Crippen LogP contribution in [0.3, 0.4) is 0 Å². The number of carbonyl (C=O) groups excluding carboxylic acids is 2. The topological polar surface area (TPSA) is 59.0 Å². The third-order valence-corrected chi connectivity index (χ3v) is 4.47. The molecule has 0 unspecified atom stereocenters. The summed E-state index contributed by atoms with van der Waals surface area (Å²) in [6.07, 6.45) is -4.60. The van der Waals surface area contributed by atoms with Crippen LogP contribution < -0.4 is 4.90 Å². The zero-order valence-corrected chi connectivity index (χ0v) is 15.3. The standard InChI is InChI=1S/C22H13F3N2O3/c23-22(24,25)15-8-6-7-14(13-15)21(29)30-26-19-17-11-4-5-12-18(17)27(20(19)28)16-9-2-1-3-10-16/h1-13H/b26-19+. The highest BCUT2D eigenvalue weighted by Crippen LogP contribution is 2.35. The smallest absolute Gasteiger partial charge is 0.312 e. The fourth-order valence-electron chi connectivity index (χ4n) is 3.08. The molecule has 1 amide bonds. The van der Waals surface area contributed by atoms with Crippen LogP contribution in [0, 0.1) is 0 Å². The first kappa shape index (κ1) is 19.4. The van der Waals surface area contributed by atoms with Gasteiger partial charge in [0.25, 0.3) is 5.91 Å². The lowest BCUT2D eigenvalue weighted by molar-refractivity contribution is -0.137. The average molecular weight is 410 g/mol. The van der Waals surface area contributed by atoms with Gasteiger partial charge in [-0.15, -0.1) is 0 Å². The zero-order valence-electron chi connectivity index (χ0n) is 15.3. The molecule has 1 aliphatic heterocycles. The third kappa shape index (κ3) is 3.55. The maximum atomic E-state index is 13.0. The largest absolute Gasteiger partial charge is 0.416 e. The molecule has 150 valence electrons. The summed E-state index contributed by atoms with van der Waals surface area (Å²) in [5.74, 6) is -1.61. The molecule has 0 spiro atoms. The number of halogens is 3. The quantitative estimate of drug-likeness (QED) is 0.454. The summed E-state index contributed by atoms with van der Waals surface area (Å²) < 4.78 is 38.6. The Bertz CT molecular complexity index is 1160. The van der Waals surface area contributed by atoms with Gasteiger partial charge in [-0.25, -0.2) is 4.79 Å². The van der Waals surface area contributed by atoms with Crippen LogP contribution in [0.2, 0.25) is 0 Å². The molecule has 3 aromatic carbocycles. The summed E-state index contributed by atoms with van der Waals surface area (Å²) in [7, 11) is 0. The van der Waals surface area contributed by atoms with E-state index in [4.69, 9.17) is 4.84 Å². The molecule has 5 nitrogen and oxygen atoms in total. The van der Waals surface area contributed by atoms with Crippen LogP contribution in [0.5, 0.6) is 0 Å². The van der Waals surface area contributed by atoms with Gasteiger partial charge in [0.05, 0.1) is 16.8 Å². The van der Waals surface area contributed by atoms with Gasteiger partial charge in [0, 0.05) is 11.3 Å². The Balaban J connectivity index is 1.64. The molecule has 0 saturated carbocycles. The molecule has 0 atom stereocenters. The minimum Gasteiger partial charge on any atom is -0.312 e. The number of para-hydroxylation sites is 2. The number of amides is 1. The minimum atomic E-state index is -4.60. The Morgan fingerprint density at radius 2 is 1.60 bits per heavy atom. The normalized spacial score (nSPS) is 14.7. The van der Waals surface area contributed by atoms with Gasteiger partial charge in [0.1, 0.15) is 0 Å². The molecule has 0 N–H and O–H groups in total. The highest BCUT2D eigenvalue weighted by molar-refractivity contribution is 6.55. The van der Waals surface area contributed by atoms with Crippen molar-refractivity contribution < 1.29 is 27.6 Å². The number of hydrogen-bond acceptors (Lipinski definition) is 4. The molecule has 0 fully saturated rings. The van der Waals surface area contributed by atoms with E-state index < -0.39 is 23.6 Å². The molecule has 3 aromatic rings. The SMILES string of the molecule is O=C(O/N=C1/C(=O)N(c2ccccc2)c2ccccc21)c1cccc(C(F)(F)F)c1. The Morgan fingerprint density at radius 3 is 2.33 bits per heavy atom. The summed E-state index contributed by atoms with van der Waals surface area (Å²) in [6.45, 7) is 0. The lowest BCUT2D eigenvalue weighted by atomic mass is 10.1. The Labute approximate surface area is 169 Å². The van der Waals surface area contributed by atoms with E-state index in [1.165, 1.54) is 11.0 Å². The van der Waals surface area contributed by atoms with E-state index in [2.05, 4.69) is 5.16 Å². The Morgan fingerprint density at radius 1 is 0.900 bits per heavy atom. The van der Waals surface area contributed by atoms with Crippen LogP contribution in [0.25, 0.3) is 0 Å². The first-order valence-corrected chi connectivity index (χ1v) is 8.82. The lowest BCUT2D eigenvalue weighted by Crippen LogP contribution is -2.25. The fraction of sp³-hybridized carbons (Fsp3) is 0.0455. The second kappa shape index (κ2) is 7.47. The summed E-state index contributed by atoms with van der Waals surface area (Å²) in [4.78, 5) is 31.4. The highest BCUT2D eigenvalue weighted by atomic mass is 19.4. The van der Waals surface area contributed by atoms with Gasteiger partial charge < -0.3 is 4.84 Å². The number of hydrogen-bond donors (Lipinski definition) is 0. The first-order chi connectivity index (χ1) is 14.4. The lowest BCUT2D eigenvalue weighted by Gasteiger charge is -2.16. The summed E-state index contributed by atoms with van der Waals surface area (Å²) >= 11 is 0. The van der Waals surface area contributed by atoms with Gasteiger partial charge >= 0.3 is 12.1 Å². The Kier molecular flexibility index (Phi) is 4.83. The summed E-state index contributed by atoms with van der Waals surface area (Å²) in [6, 6.07) is 19.4. The molecule has 4 rings (SSSR count). The fourth-order valence-corrected chi connectivity index (χ4v) is 3.08. The molecule has 0 radical (unpaired) electrons.